The Kier molecular flexibility index (Phi) is 5.07. The predicted molar refractivity (Wildman–Crippen MR) is 63.6 cm³/mol. The molecular formula is C11H13FN2O5. The van der Waals surface area contributed by atoms with Gasteiger partial charge in [0.05, 0.1) is 19.3 Å². The van der Waals surface area contributed by atoms with Crippen LogP contribution in [0, 0.1) is 5.82 Å². The number of anilines is 1. The highest BCUT2D eigenvalue weighted by Crippen LogP contribution is 2.24. The van der Waals surface area contributed by atoms with Crippen LogP contribution in [0.2, 0.25) is 0 Å². The number of aliphatic hydroxyl groups is 1. The molecule has 0 radical (unpaired) electrons. The van der Waals surface area contributed by atoms with E-state index in [9.17, 15) is 14.0 Å². The Morgan fingerprint density at radius 1 is 1.47 bits per heavy atom. The first-order chi connectivity index (χ1) is 8.93. The highest BCUT2D eigenvalue weighted by atomic mass is 19.1. The Balaban J connectivity index is 2.60. The van der Waals surface area contributed by atoms with E-state index in [1.807, 2.05) is 0 Å². The van der Waals surface area contributed by atoms with Crippen molar-refractivity contribution in [1.29, 1.82) is 0 Å². The molecule has 0 spiro atoms. The van der Waals surface area contributed by atoms with Gasteiger partial charge in [0.2, 0.25) is 0 Å². The average Bonchev–Trinajstić information content (AvgIpc) is 2.37. The van der Waals surface area contributed by atoms with Crippen molar-refractivity contribution in [3.05, 3.63) is 24.0 Å². The summed E-state index contributed by atoms with van der Waals surface area (Å²) in [7, 11) is 1.31. The molecular weight excluding hydrogens is 259 g/mol. The molecule has 0 aromatic heterocycles. The van der Waals surface area contributed by atoms with Gasteiger partial charge in [-0.25, -0.2) is 14.0 Å². The molecule has 7 nitrogen and oxygen atoms in total. The summed E-state index contributed by atoms with van der Waals surface area (Å²) in [6, 6.07) is 2.76. The van der Waals surface area contributed by atoms with Crippen molar-refractivity contribution in [2.75, 3.05) is 19.0 Å². The molecule has 19 heavy (non-hydrogen) atoms. The number of benzene rings is 1. The van der Waals surface area contributed by atoms with E-state index < -0.39 is 30.5 Å². The normalized spacial score (nSPS) is 11.5. The van der Waals surface area contributed by atoms with Crippen LogP contribution >= 0.6 is 0 Å². The number of amides is 2. The Morgan fingerprint density at radius 2 is 2.16 bits per heavy atom. The summed E-state index contributed by atoms with van der Waals surface area (Å²) in [5, 5.41) is 21.9. The van der Waals surface area contributed by atoms with Crippen LogP contribution in [-0.2, 0) is 4.79 Å². The van der Waals surface area contributed by atoms with Gasteiger partial charge in [0, 0.05) is 6.07 Å². The molecule has 0 aliphatic rings. The second-order valence-electron chi connectivity index (χ2n) is 3.53. The number of aliphatic hydroxyl groups excluding tert-OH is 1. The number of hydrogen-bond donors (Lipinski definition) is 4. The number of methoxy groups -OCH3 is 1. The van der Waals surface area contributed by atoms with Crippen LogP contribution in [0.5, 0.6) is 5.75 Å². The topological polar surface area (TPSA) is 108 Å². The van der Waals surface area contributed by atoms with E-state index in [0.717, 1.165) is 12.1 Å². The molecule has 1 aromatic carbocycles. The van der Waals surface area contributed by atoms with Gasteiger partial charge in [-0.05, 0) is 12.1 Å². The lowest BCUT2D eigenvalue weighted by molar-refractivity contribution is -0.146. The average molecular weight is 272 g/mol. The van der Waals surface area contributed by atoms with Crippen LogP contribution < -0.4 is 15.4 Å². The molecule has 0 saturated heterocycles. The lowest BCUT2D eigenvalue weighted by Gasteiger charge is -2.12. The highest BCUT2D eigenvalue weighted by Gasteiger charge is 2.15. The fraction of sp³-hybridized carbons (Fsp3) is 0.273. The summed E-state index contributed by atoms with van der Waals surface area (Å²) in [5.74, 6) is -1.85. The number of carbonyl (C=O) groups is 2. The van der Waals surface area contributed by atoms with Crippen molar-refractivity contribution in [2.45, 2.75) is 6.10 Å². The Labute approximate surface area is 108 Å². The second kappa shape index (κ2) is 6.55. The number of halogens is 1. The van der Waals surface area contributed by atoms with Crippen molar-refractivity contribution in [1.82, 2.24) is 5.32 Å². The van der Waals surface area contributed by atoms with Crippen molar-refractivity contribution >= 4 is 17.7 Å². The standard InChI is InChI=1S/C11H13FN2O5/c1-19-9-4-6(12)2-3-7(9)14-11(18)13-5-8(15)10(16)17/h2-4,8,15H,5H2,1H3,(H,16,17)(H2,13,14,18). The third kappa shape index (κ3) is 4.43. The van der Waals surface area contributed by atoms with Gasteiger partial charge in [0.15, 0.2) is 6.10 Å². The minimum absolute atomic E-state index is 0.119. The molecule has 1 unspecified atom stereocenters. The van der Waals surface area contributed by atoms with Crippen LogP contribution in [0.4, 0.5) is 14.9 Å². The monoisotopic (exact) mass is 272 g/mol. The van der Waals surface area contributed by atoms with Crippen molar-refractivity contribution < 1.29 is 28.9 Å². The minimum Gasteiger partial charge on any atom is -0.494 e. The first kappa shape index (κ1) is 14.7. The molecule has 104 valence electrons. The quantitative estimate of drug-likeness (QED) is 0.620. The van der Waals surface area contributed by atoms with Gasteiger partial charge in [-0.15, -0.1) is 0 Å². The van der Waals surface area contributed by atoms with Crippen LogP contribution in [0.25, 0.3) is 0 Å². The van der Waals surface area contributed by atoms with Gasteiger partial charge in [-0.3, -0.25) is 0 Å². The summed E-state index contributed by atoms with van der Waals surface area (Å²) in [4.78, 5) is 21.7. The first-order valence-electron chi connectivity index (χ1n) is 5.23. The number of urea groups is 1. The third-order valence-electron chi connectivity index (χ3n) is 2.15. The molecule has 0 heterocycles. The van der Waals surface area contributed by atoms with Crippen LogP contribution in [-0.4, -0.2) is 42.0 Å². The molecule has 0 aliphatic heterocycles. The van der Waals surface area contributed by atoms with Gasteiger partial charge in [0.1, 0.15) is 11.6 Å². The molecule has 1 atom stereocenters. The SMILES string of the molecule is COc1cc(F)ccc1NC(=O)NCC(O)C(=O)O. The van der Waals surface area contributed by atoms with E-state index in [4.69, 9.17) is 14.9 Å². The number of carbonyl (C=O) groups excluding carboxylic acids is 1. The zero-order valence-electron chi connectivity index (χ0n) is 10.0. The highest BCUT2D eigenvalue weighted by molar-refractivity contribution is 5.91. The van der Waals surface area contributed by atoms with E-state index in [0.29, 0.717) is 0 Å². The van der Waals surface area contributed by atoms with E-state index in [2.05, 4.69) is 10.6 Å². The van der Waals surface area contributed by atoms with Crippen molar-refractivity contribution in [3.63, 3.8) is 0 Å². The van der Waals surface area contributed by atoms with Gasteiger partial charge >= 0.3 is 12.0 Å². The molecule has 0 bridgehead atoms. The van der Waals surface area contributed by atoms with Gasteiger partial charge < -0.3 is 25.6 Å². The summed E-state index contributed by atoms with van der Waals surface area (Å²) >= 11 is 0. The second-order valence-corrected chi connectivity index (χ2v) is 3.53. The maximum Gasteiger partial charge on any atom is 0.334 e. The number of aliphatic carboxylic acids is 1. The van der Waals surface area contributed by atoms with Crippen molar-refractivity contribution in [3.8, 4) is 5.75 Å². The summed E-state index contributed by atoms with van der Waals surface area (Å²) < 4.78 is 17.8. The molecule has 0 aliphatic carbocycles. The molecule has 0 saturated carbocycles. The molecule has 2 amide bonds. The molecule has 4 N–H and O–H groups in total. The Bertz CT molecular complexity index is 480. The van der Waals surface area contributed by atoms with Gasteiger partial charge in [0.25, 0.3) is 0 Å². The number of ether oxygens (including phenoxy) is 1. The smallest absolute Gasteiger partial charge is 0.334 e. The summed E-state index contributed by atoms with van der Waals surface area (Å²) in [6.45, 7) is -0.454. The molecule has 1 rings (SSSR count). The van der Waals surface area contributed by atoms with Gasteiger partial charge in [-0.1, -0.05) is 0 Å². The summed E-state index contributed by atoms with van der Waals surface area (Å²) in [6.07, 6.45) is -1.69. The Morgan fingerprint density at radius 3 is 2.74 bits per heavy atom. The molecule has 1 aromatic rings. The van der Waals surface area contributed by atoms with Crippen LogP contribution in [0.3, 0.4) is 0 Å². The van der Waals surface area contributed by atoms with E-state index in [-0.39, 0.29) is 11.4 Å². The predicted octanol–water partition coefficient (Wildman–Crippen LogP) is 0.401. The third-order valence-corrected chi connectivity index (χ3v) is 2.15. The number of hydrogen-bond acceptors (Lipinski definition) is 4. The van der Waals surface area contributed by atoms with E-state index in [1.54, 1.807) is 0 Å². The van der Waals surface area contributed by atoms with Crippen LogP contribution in [0.15, 0.2) is 18.2 Å². The first-order valence-corrected chi connectivity index (χ1v) is 5.23. The zero-order valence-corrected chi connectivity index (χ0v) is 10.0. The zero-order chi connectivity index (χ0) is 14.4. The largest absolute Gasteiger partial charge is 0.494 e. The van der Waals surface area contributed by atoms with E-state index >= 15 is 0 Å². The van der Waals surface area contributed by atoms with Crippen molar-refractivity contribution in [2.24, 2.45) is 0 Å². The number of rotatable bonds is 5. The summed E-state index contributed by atoms with van der Waals surface area (Å²) in [5.41, 5.74) is 0.214. The van der Waals surface area contributed by atoms with Crippen LogP contribution in [0.1, 0.15) is 0 Å². The number of carboxylic acids is 1. The molecule has 8 heteroatoms. The lowest BCUT2D eigenvalue weighted by Crippen LogP contribution is -2.38. The van der Waals surface area contributed by atoms with E-state index in [1.165, 1.54) is 13.2 Å². The lowest BCUT2D eigenvalue weighted by atomic mass is 10.3. The Hall–Kier alpha value is -2.35. The fourth-order valence-electron chi connectivity index (χ4n) is 1.21. The number of carboxylic acid groups (broad SMARTS) is 1. The van der Waals surface area contributed by atoms with Gasteiger partial charge in [-0.2, -0.15) is 0 Å². The fourth-order valence-corrected chi connectivity index (χ4v) is 1.21. The number of nitrogens with one attached hydrogen (secondary N) is 2. The minimum atomic E-state index is -1.69. The maximum atomic E-state index is 12.9. The maximum absolute atomic E-state index is 12.9. The molecule has 0 fully saturated rings.